The number of benzene rings is 2. The van der Waals surface area contributed by atoms with Crippen molar-refractivity contribution in [3.63, 3.8) is 0 Å². The summed E-state index contributed by atoms with van der Waals surface area (Å²) < 4.78 is 32.5. The highest BCUT2D eigenvalue weighted by Gasteiger charge is 2.30. The van der Waals surface area contributed by atoms with Crippen molar-refractivity contribution in [3.8, 4) is 5.75 Å². The molecule has 0 bridgehead atoms. The van der Waals surface area contributed by atoms with E-state index in [0.29, 0.717) is 18.6 Å². The Bertz CT molecular complexity index is 1190. The zero-order valence-corrected chi connectivity index (χ0v) is 18.4. The Morgan fingerprint density at radius 1 is 1.06 bits per heavy atom. The van der Waals surface area contributed by atoms with Crippen molar-refractivity contribution in [2.45, 2.75) is 17.7 Å². The fourth-order valence-electron chi connectivity index (χ4n) is 3.75. The highest BCUT2D eigenvalue weighted by atomic mass is 32.2. The van der Waals surface area contributed by atoms with E-state index >= 15 is 0 Å². The molecule has 2 amide bonds. The van der Waals surface area contributed by atoms with Crippen LogP contribution in [-0.2, 0) is 26.0 Å². The van der Waals surface area contributed by atoms with Crippen molar-refractivity contribution in [2.75, 3.05) is 38.1 Å². The summed E-state index contributed by atoms with van der Waals surface area (Å²) in [5.41, 5.74) is 1.51. The Morgan fingerprint density at radius 3 is 2.42 bits per heavy atom. The van der Waals surface area contributed by atoms with Crippen molar-refractivity contribution >= 4 is 33.2 Å². The van der Waals surface area contributed by atoms with E-state index in [9.17, 15) is 28.1 Å². The van der Waals surface area contributed by atoms with Crippen LogP contribution in [-0.4, -0.2) is 67.1 Å². The quantitative estimate of drug-likeness (QED) is 0.493. The van der Waals surface area contributed by atoms with E-state index in [0.717, 1.165) is 23.4 Å². The Balaban J connectivity index is 1.31. The summed E-state index contributed by atoms with van der Waals surface area (Å²) in [4.78, 5) is 35.7. The van der Waals surface area contributed by atoms with E-state index in [2.05, 4.69) is 5.32 Å². The standard InChI is InChI=1S/C21H22N4O7S/c26-20-8-1-15-13-17(4-7-19(15)22-20)32-14-21(27)23-9-11-24(12-10-23)33(30,31)18-5-2-16(3-6-18)25(28)29/h2-7,13H,1,8-12,14H2,(H,22,26). The maximum absolute atomic E-state index is 12.8. The molecule has 0 aliphatic carbocycles. The monoisotopic (exact) mass is 474 g/mol. The molecule has 0 radical (unpaired) electrons. The summed E-state index contributed by atoms with van der Waals surface area (Å²) in [6, 6.07) is 9.96. The van der Waals surface area contributed by atoms with Gasteiger partial charge in [0, 0.05) is 50.4 Å². The van der Waals surface area contributed by atoms with Crippen molar-refractivity contribution < 1.29 is 27.7 Å². The van der Waals surface area contributed by atoms with E-state index in [1.165, 1.54) is 16.4 Å². The molecule has 0 unspecified atom stereocenters. The number of nitrogens with one attached hydrogen (secondary N) is 1. The molecule has 1 fully saturated rings. The van der Waals surface area contributed by atoms with Crippen molar-refractivity contribution in [3.05, 3.63) is 58.1 Å². The third-order valence-electron chi connectivity index (χ3n) is 5.61. The number of fused-ring (bicyclic) bond motifs is 1. The number of ether oxygens (including phenoxy) is 1. The van der Waals surface area contributed by atoms with Gasteiger partial charge in [0.1, 0.15) is 5.75 Å². The topological polar surface area (TPSA) is 139 Å². The summed E-state index contributed by atoms with van der Waals surface area (Å²) >= 11 is 0. The van der Waals surface area contributed by atoms with E-state index in [4.69, 9.17) is 4.74 Å². The minimum Gasteiger partial charge on any atom is -0.484 e. The number of sulfonamides is 1. The van der Waals surface area contributed by atoms with E-state index in [1.54, 1.807) is 23.1 Å². The molecule has 11 nitrogen and oxygen atoms in total. The molecule has 4 rings (SSSR count). The maximum Gasteiger partial charge on any atom is 0.269 e. The van der Waals surface area contributed by atoms with Gasteiger partial charge in [-0.05, 0) is 42.3 Å². The number of aryl methyl sites for hydroxylation is 1. The summed E-state index contributed by atoms with van der Waals surface area (Å²) in [5.74, 6) is 0.243. The fraction of sp³-hybridized carbons (Fsp3) is 0.333. The largest absolute Gasteiger partial charge is 0.484 e. The van der Waals surface area contributed by atoms with Gasteiger partial charge in [-0.2, -0.15) is 4.31 Å². The summed E-state index contributed by atoms with van der Waals surface area (Å²) in [5, 5.41) is 13.6. The molecule has 174 valence electrons. The fourth-order valence-corrected chi connectivity index (χ4v) is 5.17. The molecular weight excluding hydrogens is 452 g/mol. The summed E-state index contributed by atoms with van der Waals surface area (Å²) in [7, 11) is -3.81. The second-order valence-corrected chi connectivity index (χ2v) is 9.63. The number of rotatable bonds is 6. The first-order valence-electron chi connectivity index (χ1n) is 10.3. The molecule has 2 aromatic carbocycles. The average molecular weight is 474 g/mol. The lowest BCUT2D eigenvalue weighted by atomic mass is 10.0. The predicted molar refractivity (Wildman–Crippen MR) is 117 cm³/mol. The number of amides is 2. The van der Waals surface area contributed by atoms with Gasteiger partial charge < -0.3 is 15.0 Å². The molecule has 1 saturated heterocycles. The van der Waals surface area contributed by atoms with Gasteiger partial charge in [0.05, 0.1) is 9.82 Å². The third-order valence-corrected chi connectivity index (χ3v) is 7.52. The lowest BCUT2D eigenvalue weighted by Crippen LogP contribution is -2.51. The molecule has 12 heteroatoms. The Kier molecular flexibility index (Phi) is 6.29. The lowest BCUT2D eigenvalue weighted by Gasteiger charge is -2.34. The van der Waals surface area contributed by atoms with Crippen LogP contribution in [0.1, 0.15) is 12.0 Å². The molecule has 2 aromatic rings. The smallest absolute Gasteiger partial charge is 0.269 e. The molecule has 2 aliphatic rings. The van der Waals surface area contributed by atoms with Crippen LogP contribution in [0.5, 0.6) is 5.75 Å². The number of piperazine rings is 1. The number of hydrogen-bond acceptors (Lipinski definition) is 7. The zero-order valence-electron chi connectivity index (χ0n) is 17.6. The van der Waals surface area contributed by atoms with Crippen LogP contribution in [0.2, 0.25) is 0 Å². The van der Waals surface area contributed by atoms with Gasteiger partial charge in [0.15, 0.2) is 6.61 Å². The molecule has 0 aromatic heterocycles. The Hall–Kier alpha value is -3.51. The number of non-ortho nitro benzene ring substituents is 1. The second-order valence-electron chi connectivity index (χ2n) is 7.69. The first-order valence-corrected chi connectivity index (χ1v) is 11.8. The van der Waals surface area contributed by atoms with Crippen LogP contribution in [0.4, 0.5) is 11.4 Å². The van der Waals surface area contributed by atoms with Crippen LogP contribution >= 0.6 is 0 Å². The number of anilines is 1. The maximum atomic E-state index is 12.8. The van der Waals surface area contributed by atoms with Crippen LogP contribution in [0.15, 0.2) is 47.4 Å². The van der Waals surface area contributed by atoms with Gasteiger partial charge in [0.2, 0.25) is 15.9 Å². The number of nitro groups is 1. The minimum atomic E-state index is -3.81. The number of nitro benzene ring substituents is 1. The second kappa shape index (κ2) is 9.16. The number of carbonyl (C=O) groups excluding carboxylic acids is 2. The summed E-state index contributed by atoms with van der Waals surface area (Å²) in [6.45, 7) is 0.475. The average Bonchev–Trinajstić information content (AvgIpc) is 2.82. The van der Waals surface area contributed by atoms with Crippen LogP contribution in [0.3, 0.4) is 0 Å². The lowest BCUT2D eigenvalue weighted by molar-refractivity contribution is -0.384. The van der Waals surface area contributed by atoms with E-state index < -0.39 is 14.9 Å². The molecule has 0 atom stereocenters. The van der Waals surface area contributed by atoms with Gasteiger partial charge in [0.25, 0.3) is 11.6 Å². The number of carbonyl (C=O) groups is 2. The molecular formula is C21H22N4O7S. The van der Waals surface area contributed by atoms with Crippen LogP contribution < -0.4 is 10.1 Å². The Labute approximate surface area is 190 Å². The predicted octanol–water partition coefficient (Wildman–Crippen LogP) is 1.39. The van der Waals surface area contributed by atoms with E-state index in [-0.39, 0.29) is 55.2 Å². The van der Waals surface area contributed by atoms with Crippen molar-refractivity contribution in [1.29, 1.82) is 0 Å². The van der Waals surface area contributed by atoms with Gasteiger partial charge in [-0.15, -0.1) is 0 Å². The molecule has 2 aliphatic heterocycles. The molecule has 1 N–H and O–H groups in total. The zero-order chi connectivity index (χ0) is 23.6. The van der Waals surface area contributed by atoms with Gasteiger partial charge in [-0.25, -0.2) is 8.42 Å². The highest BCUT2D eigenvalue weighted by molar-refractivity contribution is 7.89. The van der Waals surface area contributed by atoms with E-state index in [1.807, 2.05) is 0 Å². The third kappa shape index (κ3) is 4.96. The molecule has 0 saturated carbocycles. The number of nitrogens with zero attached hydrogens (tertiary/aromatic N) is 3. The van der Waals surface area contributed by atoms with Crippen LogP contribution in [0, 0.1) is 10.1 Å². The van der Waals surface area contributed by atoms with Gasteiger partial charge >= 0.3 is 0 Å². The Morgan fingerprint density at radius 2 is 1.76 bits per heavy atom. The minimum absolute atomic E-state index is 0.0268. The molecule has 2 heterocycles. The first kappa shape index (κ1) is 22.7. The molecule has 33 heavy (non-hydrogen) atoms. The van der Waals surface area contributed by atoms with Crippen molar-refractivity contribution in [2.24, 2.45) is 0 Å². The van der Waals surface area contributed by atoms with Crippen LogP contribution in [0.25, 0.3) is 0 Å². The first-order chi connectivity index (χ1) is 15.7. The summed E-state index contributed by atoms with van der Waals surface area (Å²) in [6.07, 6.45) is 1.01. The SMILES string of the molecule is O=C1CCc2cc(OCC(=O)N3CCN(S(=O)(=O)c4ccc([N+](=O)[O-])cc4)CC3)ccc2N1. The highest BCUT2D eigenvalue weighted by Crippen LogP contribution is 2.27. The van der Waals surface area contributed by atoms with Gasteiger partial charge in [-0.3, -0.25) is 19.7 Å². The number of hydrogen-bond donors (Lipinski definition) is 1. The van der Waals surface area contributed by atoms with Gasteiger partial charge in [-0.1, -0.05) is 0 Å². The normalized spacial score (nSPS) is 16.6. The van der Waals surface area contributed by atoms with Crippen molar-refractivity contribution in [1.82, 2.24) is 9.21 Å². The molecule has 0 spiro atoms.